The van der Waals surface area contributed by atoms with Crippen LogP contribution >= 0.6 is 0 Å². The van der Waals surface area contributed by atoms with E-state index in [1.807, 2.05) is 13.8 Å². The Balaban J connectivity index is 4.58. The van der Waals surface area contributed by atoms with Gasteiger partial charge in [0.1, 0.15) is 0 Å². The summed E-state index contributed by atoms with van der Waals surface area (Å²) in [4.78, 5) is 37.2. The molecule has 2 amide bonds. The zero-order chi connectivity index (χ0) is 16.4. The molecule has 7 heteroatoms. The molecule has 0 aromatic rings. The number of carbonyl (C=O) groups excluding carboxylic acids is 2. The fourth-order valence-corrected chi connectivity index (χ4v) is 1.70. The highest BCUT2D eigenvalue weighted by Crippen LogP contribution is 1.95. The van der Waals surface area contributed by atoms with E-state index in [1.165, 1.54) is 9.80 Å². The number of hydrogen-bond acceptors (Lipinski definition) is 4. The van der Waals surface area contributed by atoms with Crippen LogP contribution in [0.2, 0.25) is 0 Å². The SMILES string of the molecule is C#CCN(CC(=O)O)CC(=O)N(CC)CC(=O)NC(C)C. The molecule has 21 heavy (non-hydrogen) atoms. The van der Waals surface area contributed by atoms with E-state index >= 15 is 0 Å². The number of nitrogens with one attached hydrogen (secondary N) is 1. The maximum absolute atomic E-state index is 12.1. The largest absolute Gasteiger partial charge is 0.480 e. The molecule has 0 fully saturated rings. The number of hydrogen-bond donors (Lipinski definition) is 2. The molecule has 0 aliphatic rings. The van der Waals surface area contributed by atoms with Crippen molar-refractivity contribution in [1.29, 1.82) is 0 Å². The summed E-state index contributed by atoms with van der Waals surface area (Å²) in [6.07, 6.45) is 5.15. The molecule has 0 atom stereocenters. The number of amides is 2. The summed E-state index contributed by atoms with van der Waals surface area (Å²) in [5.74, 6) is 0.684. The average Bonchev–Trinajstić information content (AvgIpc) is 2.34. The van der Waals surface area contributed by atoms with Crippen molar-refractivity contribution in [3.63, 3.8) is 0 Å². The van der Waals surface area contributed by atoms with Crippen molar-refractivity contribution in [2.24, 2.45) is 0 Å². The van der Waals surface area contributed by atoms with Crippen LogP contribution in [0.4, 0.5) is 0 Å². The number of rotatable bonds is 9. The molecule has 2 N–H and O–H groups in total. The maximum atomic E-state index is 12.1. The predicted octanol–water partition coefficient (Wildman–Crippen LogP) is -0.621. The van der Waals surface area contributed by atoms with Gasteiger partial charge in [-0.15, -0.1) is 6.42 Å². The zero-order valence-corrected chi connectivity index (χ0v) is 12.8. The van der Waals surface area contributed by atoms with Crippen molar-refractivity contribution in [3.05, 3.63) is 0 Å². The molecular formula is C14H23N3O4. The van der Waals surface area contributed by atoms with Crippen LogP contribution in [-0.2, 0) is 14.4 Å². The highest BCUT2D eigenvalue weighted by atomic mass is 16.4. The second-order valence-corrected chi connectivity index (χ2v) is 4.87. The zero-order valence-electron chi connectivity index (χ0n) is 12.8. The maximum Gasteiger partial charge on any atom is 0.317 e. The summed E-state index contributed by atoms with van der Waals surface area (Å²) in [5, 5.41) is 11.5. The molecule has 0 aliphatic carbocycles. The topological polar surface area (TPSA) is 90.0 Å². The van der Waals surface area contributed by atoms with Crippen LogP contribution in [0.3, 0.4) is 0 Å². The van der Waals surface area contributed by atoms with Gasteiger partial charge in [0.2, 0.25) is 11.8 Å². The van der Waals surface area contributed by atoms with Crippen molar-refractivity contribution < 1.29 is 19.5 Å². The molecule has 7 nitrogen and oxygen atoms in total. The van der Waals surface area contributed by atoms with Crippen molar-refractivity contribution in [2.75, 3.05) is 32.7 Å². The standard InChI is InChI=1S/C14H23N3O4/c1-5-7-16(10-14(20)21)9-13(19)17(6-2)8-12(18)15-11(3)4/h1,11H,6-10H2,2-4H3,(H,15,18)(H,20,21). The molecule has 0 aromatic carbocycles. The lowest BCUT2D eigenvalue weighted by molar-refractivity contribution is -0.140. The van der Waals surface area contributed by atoms with Crippen molar-refractivity contribution in [1.82, 2.24) is 15.1 Å². The number of likely N-dealkylation sites (N-methyl/N-ethyl adjacent to an activating group) is 1. The molecular weight excluding hydrogens is 274 g/mol. The van der Waals surface area contributed by atoms with Crippen LogP contribution < -0.4 is 5.32 Å². The second kappa shape index (κ2) is 9.77. The lowest BCUT2D eigenvalue weighted by atomic mass is 10.3. The molecule has 0 spiro atoms. The first-order valence-corrected chi connectivity index (χ1v) is 6.74. The number of terminal acetylenes is 1. The van der Waals surface area contributed by atoms with E-state index in [4.69, 9.17) is 11.5 Å². The number of aliphatic carboxylic acids is 1. The van der Waals surface area contributed by atoms with Gasteiger partial charge < -0.3 is 15.3 Å². The molecule has 0 bridgehead atoms. The summed E-state index contributed by atoms with van der Waals surface area (Å²) in [5.41, 5.74) is 0. The van der Waals surface area contributed by atoms with Crippen molar-refractivity contribution in [3.8, 4) is 12.3 Å². The van der Waals surface area contributed by atoms with E-state index in [0.29, 0.717) is 6.54 Å². The van der Waals surface area contributed by atoms with E-state index in [-0.39, 0.29) is 44.0 Å². The minimum absolute atomic E-state index is 0.00347. The van der Waals surface area contributed by atoms with Gasteiger partial charge in [0, 0.05) is 12.6 Å². The fraction of sp³-hybridized carbons (Fsp3) is 0.643. The number of carbonyl (C=O) groups is 3. The molecule has 0 aliphatic heterocycles. The van der Waals surface area contributed by atoms with Gasteiger partial charge in [0.25, 0.3) is 0 Å². The summed E-state index contributed by atoms with van der Waals surface area (Å²) >= 11 is 0. The van der Waals surface area contributed by atoms with Gasteiger partial charge >= 0.3 is 5.97 Å². The molecule has 0 radical (unpaired) electrons. The highest BCUT2D eigenvalue weighted by molar-refractivity contribution is 5.86. The minimum Gasteiger partial charge on any atom is -0.480 e. The predicted molar refractivity (Wildman–Crippen MR) is 78.4 cm³/mol. The first-order valence-electron chi connectivity index (χ1n) is 6.74. The van der Waals surface area contributed by atoms with E-state index in [9.17, 15) is 14.4 Å². The third kappa shape index (κ3) is 8.65. The van der Waals surface area contributed by atoms with Gasteiger partial charge in [-0.25, -0.2) is 0 Å². The third-order valence-electron chi connectivity index (χ3n) is 2.55. The molecule has 0 saturated carbocycles. The van der Waals surface area contributed by atoms with Gasteiger partial charge in [-0.2, -0.15) is 0 Å². The average molecular weight is 297 g/mol. The summed E-state index contributed by atoms with van der Waals surface area (Å²) in [7, 11) is 0. The Labute approximate surface area is 125 Å². The normalized spacial score (nSPS) is 10.3. The molecule has 0 rings (SSSR count). The Kier molecular flexibility index (Phi) is 8.81. The van der Waals surface area contributed by atoms with Crippen LogP contribution in [0.5, 0.6) is 0 Å². The van der Waals surface area contributed by atoms with Gasteiger partial charge in [-0.05, 0) is 20.8 Å². The van der Waals surface area contributed by atoms with Gasteiger partial charge in [-0.1, -0.05) is 5.92 Å². The lowest BCUT2D eigenvalue weighted by Gasteiger charge is -2.24. The first-order chi connectivity index (χ1) is 9.79. The van der Waals surface area contributed by atoms with Crippen molar-refractivity contribution >= 4 is 17.8 Å². The van der Waals surface area contributed by atoms with E-state index in [0.717, 1.165) is 0 Å². The van der Waals surface area contributed by atoms with Crippen LogP contribution in [0.25, 0.3) is 0 Å². The summed E-state index contributed by atoms with van der Waals surface area (Å²) in [6, 6.07) is -0.00347. The molecule has 118 valence electrons. The van der Waals surface area contributed by atoms with E-state index < -0.39 is 5.97 Å². The van der Waals surface area contributed by atoms with Gasteiger partial charge in [0.05, 0.1) is 26.2 Å². The Hall–Kier alpha value is -2.07. The Morgan fingerprint density at radius 3 is 2.29 bits per heavy atom. The van der Waals surface area contributed by atoms with Crippen LogP contribution in [0.15, 0.2) is 0 Å². The number of carboxylic acids is 1. The second-order valence-electron chi connectivity index (χ2n) is 4.87. The summed E-state index contributed by atoms with van der Waals surface area (Å²) < 4.78 is 0. The quantitative estimate of drug-likeness (QED) is 0.554. The van der Waals surface area contributed by atoms with E-state index in [1.54, 1.807) is 6.92 Å². The monoisotopic (exact) mass is 297 g/mol. The fourth-order valence-electron chi connectivity index (χ4n) is 1.70. The molecule has 0 saturated heterocycles. The summed E-state index contributed by atoms with van der Waals surface area (Å²) in [6.45, 7) is 5.35. The molecule has 0 unspecified atom stereocenters. The van der Waals surface area contributed by atoms with Gasteiger partial charge in [0.15, 0.2) is 0 Å². The molecule has 0 heterocycles. The van der Waals surface area contributed by atoms with Gasteiger partial charge in [-0.3, -0.25) is 19.3 Å². The van der Waals surface area contributed by atoms with Crippen LogP contribution in [0.1, 0.15) is 20.8 Å². The number of carboxylic acid groups (broad SMARTS) is 1. The highest BCUT2D eigenvalue weighted by Gasteiger charge is 2.19. The van der Waals surface area contributed by atoms with Crippen molar-refractivity contribution in [2.45, 2.75) is 26.8 Å². The Bertz CT molecular complexity index is 415. The number of nitrogens with zero attached hydrogens (tertiary/aromatic N) is 2. The van der Waals surface area contributed by atoms with Crippen LogP contribution in [-0.4, -0.2) is 71.5 Å². The Morgan fingerprint density at radius 1 is 1.24 bits per heavy atom. The minimum atomic E-state index is -1.06. The first kappa shape index (κ1) is 18.9. The third-order valence-corrected chi connectivity index (χ3v) is 2.55. The smallest absolute Gasteiger partial charge is 0.317 e. The molecule has 0 aromatic heterocycles. The Morgan fingerprint density at radius 2 is 1.86 bits per heavy atom. The lowest BCUT2D eigenvalue weighted by Crippen LogP contribution is -2.47. The van der Waals surface area contributed by atoms with Crippen LogP contribution in [0, 0.1) is 12.3 Å². The van der Waals surface area contributed by atoms with E-state index in [2.05, 4.69) is 11.2 Å².